The molecule has 0 atom stereocenters. The molecule has 0 aliphatic rings. The van der Waals surface area contributed by atoms with Gasteiger partial charge in [-0.05, 0) is 0 Å². The topological polar surface area (TPSA) is 51.2 Å². The summed E-state index contributed by atoms with van der Waals surface area (Å²) < 4.78 is 26.1. The monoisotopic (exact) mass is 281 g/mol. The molecule has 0 rings (SSSR count). The molecule has 0 radical (unpaired) electrons. The van der Waals surface area contributed by atoms with Crippen molar-refractivity contribution in [1.82, 2.24) is 0 Å². The molecular weight excluding hydrogens is 283 g/mol. The summed E-state index contributed by atoms with van der Waals surface area (Å²) in [7, 11) is 0. The number of rotatable bonds is 1. The minimum atomic E-state index is -1.64. The molecule has 0 bridgehead atoms. The summed E-state index contributed by atoms with van der Waals surface area (Å²) in [6.07, 6.45) is 0. The SMILES string of the molecule is [O]=[Cu].[O]=[Zn][Pd]=[O]. The third-order valence-corrected chi connectivity index (χ3v) is 1.15. The summed E-state index contributed by atoms with van der Waals surface area (Å²) in [5.41, 5.74) is 0. The van der Waals surface area contributed by atoms with Crippen molar-refractivity contribution in [2.24, 2.45) is 0 Å². The van der Waals surface area contributed by atoms with Crippen LogP contribution in [-0.4, -0.2) is 0 Å². The molecule has 6 heteroatoms. The van der Waals surface area contributed by atoms with Crippen LogP contribution in [0.4, 0.5) is 0 Å². The molecule has 0 saturated heterocycles. The van der Waals surface area contributed by atoms with Gasteiger partial charge in [0.15, 0.2) is 0 Å². The molecule has 0 aromatic rings. The molecule has 0 aromatic heterocycles. The standard InChI is InChI=1S/Cu.3O.Pd.Zn. The van der Waals surface area contributed by atoms with E-state index in [2.05, 4.69) is 15.9 Å². The summed E-state index contributed by atoms with van der Waals surface area (Å²) in [6, 6.07) is 0. The van der Waals surface area contributed by atoms with Gasteiger partial charge in [0.05, 0.1) is 0 Å². The van der Waals surface area contributed by atoms with E-state index in [9.17, 15) is 3.57 Å². The predicted octanol–water partition coefficient (Wildman–Crippen LogP) is -0.364. The van der Waals surface area contributed by atoms with Crippen LogP contribution in [0.1, 0.15) is 0 Å². The second-order valence-electron chi connectivity index (χ2n) is 0.183. The Balaban J connectivity index is 0. The van der Waals surface area contributed by atoms with Crippen molar-refractivity contribution in [2.75, 3.05) is 0 Å². The van der Waals surface area contributed by atoms with Crippen LogP contribution >= 0.6 is 0 Å². The Morgan fingerprint density at radius 1 is 1.50 bits per heavy atom. The van der Waals surface area contributed by atoms with E-state index >= 15 is 0 Å². The van der Waals surface area contributed by atoms with Crippen LogP contribution in [0, 0.1) is 0 Å². The molecule has 3 nitrogen and oxygen atoms in total. The molecule has 0 amide bonds. The van der Waals surface area contributed by atoms with Crippen molar-refractivity contribution >= 4 is 0 Å². The first-order valence-electron chi connectivity index (χ1n) is 0.764. The van der Waals surface area contributed by atoms with Crippen LogP contribution in [0.2, 0.25) is 0 Å². The Kier molecular flexibility index (Phi) is 27.9. The van der Waals surface area contributed by atoms with Gasteiger partial charge in [-0.15, -0.1) is 0 Å². The summed E-state index contributed by atoms with van der Waals surface area (Å²) in [4.78, 5) is 0. The van der Waals surface area contributed by atoms with E-state index in [-0.39, 0.29) is 0 Å². The quantitative estimate of drug-likeness (QED) is 0.617. The number of hydrogen-bond acceptors (Lipinski definition) is 3. The maximum atomic E-state index is 9.20. The van der Waals surface area contributed by atoms with Gasteiger partial charge in [-0.2, -0.15) is 0 Å². The van der Waals surface area contributed by atoms with Gasteiger partial charge in [-0.25, -0.2) is 0 Å². The Labute approximate surface area is 56.2 Å². The van der Waals surface area contributed by atoms with Gasteiger partial charge in [0.1, 0.15) is 0 Å². The van der Waals surface area contributed by atoms with Gasteiger partial charge >= 0.3 is 56.5 Å². The second-order valence-corrected chi connectivity index (χ2v) is 5.61. The molecule has 0 saturated carbocycles. The van der Waals surface area contributed by atoms with Crippen molar-refractivity contribution in [3.05, 3.63) is 0 Å². The molecule has 0 N–H and O–H groups in total. The molecule has 0 heterocycles. The molecule has 0 fully saturated rings. The zero-order valence-electron chi connectivity index (χ0n) is 2.55. The van der Waals surface area contributed by atoms with E-state index in [1.54, 1.807) is 0 Å². The van der Waals surface area contributed by atoms with Gasteiger partial charge in [0, 0.05) is 0 Å². The minimum absolute atomic E-state index is 0.621. The van der Waals surface area contributed by atoms with Gasteiger partial charge in [-0.1, -0.05) is 0 Å². The van der Waals surface area contributed by atoms with Gasteiger partial charge in [0.2, 0.25) is 0 Å². The first kappa shape index (κ1) is 10.2. The van der Waals surface area contributed by atoms with E-state index in [0.717, 1.165) is 0 Å². The summed E-state index contributed by atoms with van der Waals surface area (Å²) >= 11 is 0.672. The first-order valence-corrected chi connectivity index (χ1v) is 9.65. The fraction of sp³-hybridized carbons (Fsp3) is 0. The van der Waals surface area contributed by atoms with Crippen molar-refractivity contribution in [3.8, 4) is 0 Å². The molecule has 0 unspecified atom stereocenters. The van der Waals surface area contributed by atoms with Crippen LogP contribution in [0.5, 0.6) is 0 Å². The Morgan fingerprint density at radius 2 is 1.67 bits per heavy atom. The van der Waals surface area contributed by atoms with Crippen LogP contribution in [0.3, 0.4) is 0 Å². The third kappa shape index (κ3) is 18.9. The zero-order chi connectivity index (χ0) is 5.41. The summed E-state index contributed by atoms with van der Waals surface area (Å²) in [5, 5.41) is 0. The molecule has 6 heavy (non-hydrogen) atoms. The molecule has 41 valence electrons. The first-order chi connectivity index (χ1) is 2.91. The summed E-state index contributed by atoms with van der Waals surface area (Å²) in [6.45, 7) is 0. The number of hydrogen-bond donors (Lipinski definition) is 0. The molecule has 0 aliphatic heterocycles. The predicted molar refractivity (Wildman–Crippen MR) is 2.06 cm³/mol. The average molecular weight is 283 g/mol. The Bertz CT molecular complexity index is 40.1. The van der Waals surface area contributed by atoms with Gasteiger partial charge in [-0.3, -0.25) is 0 Å². The van der Waals surface area contributed by atoms with Crippen LogP contribution in [0.25, 0.3) is 0 Å². The molecule has 0 aliphatic carbocycles. The Morgan fingerprint density at radius 3 is 1.67 bits per heavy atom. The third-order valence-electron chi connectivity index (χ3n) is 0.0373. The van der Waals surface area contributed by atoms with Crippen LogP contribution < -0.4 is 0 Å². The van der Waals surface area contributed by atoms with Gasteiger partial charge < -0.3 is 0 Å². The van der Waals surface area contributed by atoms with E-state index in [4.69, 9.17) is 7.30 Å². The van der Waals surface area contributed by atoms with E-state index in [0.29, 0.717) is 0 Å². The van der Waals surface area contributed by atoms with E-state index in [1.165, 1.54) is 0 Å². The second kappa shape index (κ2) is 16.4. The van der Waals surface area contributed by atoms with Crippen molar-refractivity contribution in [3.63, 3.8) is 0 Å². The van der Waals surface area contributed by atoms with Gasteiger partial charge in [0.25, 0.3) is 0 Å². The average Bonchev–Trinajstić information content (AvgIpc) is 1.72. The fourth-order valence-corrected chi connectivity index (χ4v) is 0. The zero-order valence-corrected chi connectivity index (χ0v) is 8.01. The molecular formula is CuO3PdZn. The van der Waals surface area contributed by atoms with Crippen molar-refractivity contribution < 1.29 is 56.5 Å². The molecule has 0 aromatic carbocycles. The van der Waals surface area contributed by atoms with Crippen molar-refractivity contribution in [2.45, 2.75) is 0 Å². The normalized spacial score (nSPS) is 5.00. The van der Waals surface area contributed by atoms with Crippen LogP contribution in [0.15, 0.2) is 0 Å². The summed E-state index contributed by atoms with van der Waals surface area (Å²) in [5.74, 6) is 0. The van der Waals surface area contributed by atoms with Crippen molar-refractivity contribution in [1.29, 1.82) is 0 Å². The Hall–Kier alpha value is 1.21. The van der Waals surface area contributed by atoms with Crippen LogP contribution in [-0.2, 0) is 56.5 Å². The molecule has 0 spiro atoms. The van der Waals surface area contributed by atoms with E-state index in [1.807, 2.05) is 0 Å². The van der Waals surface area contributed by atoms with E-state index < -0.39 is 29.7 Å². The fourth-order valence-electron chi connectivity index (χ4n) is 0. The maximum absolute atomic E-state index is 9.20.